The van der Waals surface area contributed by atoms with Gasteiger partial charge in [-0.05, 0) is 38.2 Å². The van der Waals surface area contributed by atoms with E-state index in [1.54, 1.807) is 0 Å². The Morgan fingerprint density at radius 2 is 2.00 bits per heavy atom. The van der Waals surface area contributed by atoms with Crippen molar-refractivity contribution in [3.05, 3.63) is 35.9 Å². The lowest BCUT2D eigenvalue weighted by Gasteiger charge is -2.10. The Balaban J connectivity index is 2.12. The van der Waals surface area contributed by atoms with Gasteiger partial charge in [0.1, 0.15) is 6.10 Å². The topological polar surface area (TPSA) is 9.23 Å². The Morgan fingerprint density at radius 3 is 2.67 bits per heavy atom. The van der Waals surface area contributed by atoms with E-state index in [4.69, 9.17) is 16.3 Å². The van der Waals surface area contributed by atoms with Gasteiger partial charge in [-0.1, -0.05) is 36.3 Å². The molecule has 0 fully saturated rings. The van der Waals surface area contributed by atoms with Gasteiger partial charge in [-0.3, -0.25) is 0 Å². The van der Waals surface area contributed by atoms with Crippen LogP contribution in [0.25, 0.3) is 0 Å². The molecule has 0 amide bonds. The predicted molar refractivity (Wildman–Crippen MR) is 77.9 cm³/mol. The highest BCUT2D eigenvalue weighted by atomic mass is 35.5. The van der Waals surface area contributed by atoms with Gasteiger partial charge in [-0.15, -0.1) is 17.5 Å². The molecule has 1 nitrogen and oxygen atoms in total. The van der Waals surface area contributed by atoms with Gasteiger partial charge in [-0.2, -0.15) is 0 Å². The average molecular weight is 265 g/mol. The van der Waals surface area contributed by atoms with E-state index in [9.17, 15) is 0 Å². The molecule has 0 spiro atoms. The van der Waals surface area contributed by atoms with Crippen LogP contribution < -0.4 is 0 Å². The summed E-state index contributed by atoms with van der Waals surface area (Å²) in [6, 6.07) is 10.5. The molecular weight excluding hydrogens is 244 g/mol. The number of alkyl halides is 1. The average Bonchev–Trinajstić information content (AvgIpc) is 2.40. The summed E-state index contributed by atoms with van der Waals surface area (Å²) in [6.45, 7) is 2.60. The second kappa shape index (κ2) is 10.00. The van der Waals surface area contributed by atoms with Crippen molar-refractivity contribution in [2.45, 2.75) is 38.7 Å². The fourth-order valence-corrected chi connectivity index (χ4v) is 1.96. The highest BCUT2D eigenvalue weighted by Crippen LogP contribution is 2.06. The second-order valence-electron chi connectivity index (χ2n) is 4.17. The summed E-state index contributed by atoms with van der Waals surface area (Å²) in [7, 11) is 0. The van der Waals surface area contributed by atoms with Crippen LogP contribution in [-0.4, -0.2) is 18.6 Å². The fourth-order valence-electron chi connectivity index (χ4n) is 1.76. The van der Waals surface area contributed by atoms with E-state index in [2.05, 4.69) is 36.1 Å². The van der Waals surface area contributed by atoms with Crippen molar-refractivity contribution < 1.29 is 4.74 Å². The van der Waals surface area contributed by atoms with Gasteiger partial charge in [0.05, 0.1) is 0 Å². The molecule has 98 valence electrons. The highest BCUT2D eigenvalue weighted by Gasteiger charge is 2.03. The Morgan fingerprint density at radius 1 is 1.22 bits per heavy atom. The molecule has 0 aliphatic rings. The molecule has 2 heteroatoms. The molecular formula is C16H21ClO. The molecule has 0 aliphatic heterocycles. The normalized spacial score (nSPS) is 11.7. The van der Waals surface area contributed by atoms with Crippen LogP contribution in [0.5, 0.6) is 0 Å². The van der Waals surface area contributed by atoms with Gasteiger partial charge in [0.25, 0.3) is 0 Å². The Labute approximate surface area is 115 Å². The van der Waals surface area contributed by atoms with E-state index < -0.39 is 0 Å². The summed E-state index contributed by atoms with van der Waals surface area (Å²) in [6.07, 6.45) is 4.14. The lowest BCUT2D eigenvalue weighted by atomic mass is 10.1. The van der Waals surface area contributed by atoms with Crippen LogP contribution in [0.3, 0.4) is 0 Å². The van der Waals surface area contributed by atoms with E-state index in [-0.39, 0.29) is 6.10 Å². The number of hydrogen-bond donors (Lipinski definition) is 0. The van der Waals surface area contributed by atoms with Gasteiger partial charge >= 0.3 is 0 Å². The zero-order valence-corrected chi connectivity index (χ0v) is 11.7. The van der Waals surface area contributed by atoms with E-state index in [0.29, 0.717) is 5.88 Å². The lowest BCUT2D eigenvalue weighted by Crippen LogP contribution is -2.12. The SMILES string of the molecule is CC#CC(CCCl)OCCCCc1ccccc1. The van der Waals surface area contributed by atoms with E-state index in [0.717, 1.165) is 32.3 Å². The molecule has 1 aromatic carbocycles. The first kappa shape index (κ1) is 15.1. The Bertz CT molecular complexity index is 364. The first-order valence-corrected chi connectivity index (χ1v) is 7.04. The molecule has 0 heterocycles. The summed E-state index contributed by atoms with van der Waals surface area (Å²) in [5, 5.41) is 0. The summed E-state index contributed by atoms with van der Waals surface area (Å²) in [5.41, 5.74) is 1.39. The summed E-state index contributed by atoms with van der Waals surface area (Å²) >= 11 is 5.70. The first-order chi connectivity index (χ1) is 8.86. The Hall–Kier alpha value is -0.970. The maximum Gasteiger partial charge on any atom is 0.119 e. The summed E-state index contributed by atoms with van der Waals surface area (Å²) in [4.78, 5) is 0. The molecule has 0 aliphatic carbocycles. The van der Waals surface area contributed by atoms with Crippen LogP contribution in [0.2, 0.25) is 0 Å². The standard InChI is InChI=1S/C16H21ClO/c1-2-8-16(12-13-17)18-14-7-6-11-15-9-4-3-5-10-15/h3-5,9-10,16H,6-7,11-14H2,1H3. The third kappa shape index (κ3) is 6.69. The molecule has 0 radical (unpaired) electrons. The van der Waals surface area contributed by atoms with Crippen LogP contribution in [-0.2, 0) is 11.2 Å². The van der Waals surface area contributed by atoms with Crippen molar-refractivity contribution >= 4 is 11.6 Å². The number of aryl methyl sites for hydroxylation is 1. The zero-order valence-electron chi connectivity index (χ0n) is 11.0. The number of rotatable bonds is 8. The minimum atomic E-state index is 0.00391. The molecule has 0 saturated carbocycles. The largest absolute Gasteiger partial charge is 0.365 e. The van der Waals surface area contributed by atoms with Crippen LogP contribution in [0.1, 0.15) is 31.7 Å². The van der Waals surface area contributed by atoms with E-state index in [1.165, 1.54) is 5.56 Å². The van der Waals surface area contributed by atoms with Crippen LogP contribution in [0, 0.1) is 11.8 Å². The zero-order chi connectivity index (χ0) is 13.1. The molecule has 1 aromatic rings. The van der Waals surface area contributed by atoms with Crippen LogP contribution in [0.15, 0.2) is 30.3 Å². The molecule has 1 unspecified atom stereocenters. The van der Waals surface area contributed by atoms with Gasteiger partial charge in [0, 0.05) is 12.5 Å². The number of hydrogen-bond acceptors (Lipinski definition) is 1. The maximum atomic E-state index is 5.70. The molecule has 1 rings (SSSR count). The van der Waals surface area contributed by atoms with Crippen molar-refractivity contribution in [3.8, 4) is 11.8 Å². The fraction of sp³-hybridized carbons (Fsp3) is 0.500. The quantitative estimate of drug-likeness (QED) is 0.391. The van der Waals surface area contributed by atoms with E-state index >= 15 is 0 Å². The van der Waals surface area contributed by atoms with Crippen molar-refractivity contribution in [1.29, 1.82) is 0 Å². The van der Waals surface area contributed by atoms with Crippen molar-refractivity contribution in [3.63, 3.8) is 0 Å². The molecule has 0 bridgehead atoms. The van der Waals surface area contributed by atoms with E-state index in [1.807, 2.05) is 13.0 Å². The number of benzene rings is 1. The molecule has 0 N–H and O–H groups in total. The van der Waals surface area contributed by atoms with Crippen molar-refractivity contribution in [1.82, 2.24) is 0 Å². The van der Waals surface area contributed by atoms with Gasteiger partial charge in [0.2, 0.25) is 0 Å². The summed E-state index contributed by atoms with van der Waals surface area (Å²) in [5.74, 6) is 6.52. The monoisotopic (exact) mass is 264 g/mol. The molecule has 0 saturated heterocycles. The number of ether oxygens (including phenoxy) is 1. The third-order valence-electron chi connectivity index (χ3n) is 2.70. The van der Waals surface area contributed by atoms with Gasteiger partial charge in [0.15, 0.2) is 0 Å². The smallest absolute Gasteiger partial charge is 0.119 e. The third-order valence-corrected chi connectivity index (χ3v) is 2.92. The van der Waals surface area contributed by atoms with Gasteiger partial charge < -0.3 is 4.74 Å². The second-order valence-corrected chi connectivity index (χ2v) is 4.55. The Kier molecular flexibility index (Phi) is 8.38. The molecule has 1 atom stereocenters. The number of halogens is 1. The summed E-state index contributed by atoms with van der Waals surface area (Å²) < 4.78 is 5.70. The predicted octanol–water partition coefficient (Wildman–Crippen LogP) is 4.05. The first-order valence-electron chi connectivity index (χ1n) is 6.50. The van der Waals surface area contributed by atoms with Gasteiger partial charge in [-0.25, -0.2) is 0 Å². The highest BCUT2D eigenvalue weighted by molar-refractivity contribution is 6.17. The van der Waals surface area contributed by atoms with Crippen LogP contribution >= 0.6 is 11.6 Å². The van der Waals surface area contributed by atoms with Crippen molar-refractivity contribution in [2.24, 2.45) is 0 Å². The van der Waals surface area contributed by atoms with Crippen molar-refractivity contribution in [2.75, 3.05) is 12.5 Å². The van der Waals surface area contributed by atoms with Crippen LogP contribution in [0.4, 0.5) is 0 Å². The lowest BCUT2D eigenvalue weighted by molar-refractivity contribution is 0.0866. The minimum absolute atomic E-state index is 0.00391. The molecule has 18 heavy (non-hydrogen) atoms. The minimum Gasteiger partial charge on any atom is -0.365 e. The molecule has 0 aromatic heterocycles. The number of unbranched alkanes of at least 4 members (excludes halogenated alkanes) is 1. The maximum absolute atomic E-state index is 5.70.